The molecule has 37 heavy (non-hydrogen) atoms. The third-order valence-corrected chi connectivity index (χ3v) is 7.80. The molecule has 5 rings (SSSR count). The molecule has 0 bridgehead atoms. The van der Waals surface area contributed by atoms with E-state index in [1.54, 1.807) is 0 Å². The van der Waals surface area contributed by atoms with E-state index < -0.39 is 0 Å². The maximum Gasteiger partial charge on any atom is 0.225 e. The summed E-state index contributed by atoms with van der Waals surface area (Å²) in [5.41, 5.74) is 12.4. The molecule has 2 atom stereocenters. The minimum Gasteiger partial charge on any atom is -0.345 e. The van der Waals surface area contributed by atoms with Gasteiger partial charge < -0.3 is 5.32 Å². The van der Waals surface area contributed by atoms with Crippen LogP contribution in [-0.4, -0.2) is 10.9 Å². The number of benzene rings is 2. The molecule has 1 heterocycles. The molecule has 3 heteroatoms. The molecule has 3 aromatic rings. The first-order valence-corrected chi connectivity index (χ1v) is 13.3. The number of amides is 1. The number of nitrogens with zero attached hydrogens (tertiary/aromatic N) is 1. The summed E-state index contributed by atoms with van der Waals surface area (Å²) in [6.07, 6.45) is 16.2. The van der Waals surface area contributed by atoms with E-state index >= 15 is 0 Å². The summed E-state index contributed by atoms with van der Waals surface area (Å²) in [4.78, 5) is 17.6. The number of aryl methyl sites for hydroxylation is 3. The molecular weight excluding hydrogens is 452 g/mol. The van der Waals surface area contributed by atoms with Crippen LogP contribution in [0.2, 0.25) is 0 Å². The molecule has 1 N–H and O–H groups in total. The van der Waals surface area contributed by atoms with Crippen molar-refractivity contribution in [3.8, 4) is 0 Å². The smallest absolute Gasteiger partial charge is 0.225 e. The topological polar surface area (TPSA) is 42.0 Å². The average Bonchev–Trinajstić information content (AvgIpc) is 3.32. The number of rotatable bonds is 7. The molecule has 188 valence electrons. The first-order chi connectivity index (χ1) is 17.9. The normalized spacial score (nSPS) is 16.0. The lowest BCUT2D eigenvalue weighted by Gasteiger charge is -2.24. The second kappa shape index (κ2) is 10.7. The van der Waals surface area contributed by atoms with Crippen molar-refractivity contribution in [1.82, 2.24) is 10.3 Å². The quantitative estimate of drug-likeness (QED) is 0.376. The number of carbonyl (C=O) groups excluding carboxylic acids is 1. The van der Waals surface area contributed by atoms with Crippen LogP contribution in [0, 0.1) is 20.8 Å². The van der Waals surface area contributed by atoms with Crippen molar-refractivity contribution in [2.45, 2.75) is 65.3 Å². The van der Waals surface area contributed by atoms with Crippen molar-refractivity contribution >= 4 is 12.0 Å². The van der Waals surface area contributed by atoms with E-state index in [0.29, 0.717) is 12.3 Å². The molecule has 0 fully saturated rings. The van der Waals surface area contributed by atoms with Gasteiger partial charge in [-0.05, 0) is 90.6 Å². The largest absolute Gasteiger partial charge is 0.345 e. The first-order valence-electron chi connectivity index (χ1n) is 13.3. The minimum absolute atomic E-state index is 0.0489. The summed E-state index contributed by atoms with van der Waals surface area (Å²) >= 11 is 0. The second-order valence-electron chi connectivity index (χ2n) is 10.6. The monoisotopic (exact) mass is 488 g/mol. The van der Waals surface area contributed by atoms with Gasteiger partial charge in [0.15, 0.2) is 0 Å². The molecule has 1 amide bonds. The zero-order valence-corrected chi connectivity index (χ0v) is 22.3. The lowest BCUT2D eigenvalue weighted by Crippen LogP contribution is -2.31. The molecular formula is C34H36N2O. The highest BCUT2D eigenvalue weighted by atomic mass is 16.1. The zero-order chi connectivity index (χ0) is 25.9. The van der Waals surface area contributed by atoms with E-state index in [9.17, 15) is 4.79 Å². The molecule has 0 aliphatic heterocycles. The molecule has 0 radical (unpaired) electrons. The van der Waals surface area contributed by atoms with Crippen molar-refractivity contribution < 1.29 is 4.79 Å². The Kier molecular flexibility index (Phi) is 7.23. The van der Waals surface area contributed by atoms with Crippen LogP contribution >= 0.6 is 0 Å². The fraction of sp³-hybridized carbons (Fsp3) is 0.294. The number of nitrogens with one attached hydrogen (secondary N) is 1. The number of hydrogen-bond donors (Lipinski definition) is 1. The van der Waals surface area contributed by atoms with Crippen molar-refractivity contribution in [2.75, 3.05) is 0 Å². The zero-order valence-electron chi connectivity index (χ0n) is 22.3. The van der Waals surface area contributed by atoms with Gasteiger partial charge in [0, 0.05) is 18.3 Å². The predicted molar refractivity (Wildman–Crippen MR) is 152 cm³/mol. The molecule has 2 unspecified atom stereocenters. The molecule has 2 aromatic carbocycles. The number of fused-ring (bicyclic) bond motifs is 1. The van der Waals surface area contributed by atoms with Crippen molar-refractivity contribution in [3.05, 3.63) is 129 Å². The molecule has 3 nitrogen and oxygen atoms in total. The van der Waals surface area contributed by atoms with Crippen LogP contribution in [-0.2, 0) is 17.6 Å². The SMILES string of the molecule is Cc1ccc(C(NC(=O)Cc2ccc3c(c2)C=C(C(C)c2ccncc2C)C3)C2=CCCC=C2)c(C)c1. The van der Waals surface area contributed by atoms with E-state index in [2.05, 4.69) is 105 Å². The van der Waals surface area contributed by atoms with Crippen LogP contribution in [0.25, 0.3) is 6.08 Å². The Hall–Kier alpha value is -3.72. The Balaban J connectivity index is 1.33. The molecule has 0 spiro atoms. The maximum absolute atomic E-state index is 13.3. The van der Waals surface area contributed by atoms with E-state index in [4.69, 9.17) is 0 Å². The van der Waals surface area contributed by atoms with Gasteiger partial charge in [0.05, 0.1) is 12.5 Å². The van der Waals surface area contributed by atoms with Gasteiger partial charge in [-0.25, -0.2) is 0 Å². The van der Waals surface area contributed by atoms with Crippen molar-refractivity contribution in [1.29, 1.82) is 0 Å². The minimum atomic E-state index is -0.130. The Labute approximate surface area is 221 Å². The van der Waals surface area contributed by atoms with Crippen LogP contribution in [0.1, 0.15) is 76.2 Å². The third-order valence-electron chi connectivity index (χ3n) is 7.80. The molecule has 2 aliphatic rings. The average molecular weight is 489 g/mol. The Morgan fingerprint density at radius 1 is 1.00 bits per heavy atom. The molecule has 2 aliphatic carbocycles. The van der Waals surface area contributed by atoms with Gasteiger partial charge in [0.25, 0.3) is 0 Å². The van der Waals surface area contributed by atoms with Crippen LogP contribution < -0.4 is 5.32 Å². The molecule has 0 saturated heterocycles. The van der Waals surface area contributed by atoms with E-state index in [0.717, 1.165) is 24.8 Å². The third kappa shape index (κ3) is 5.51. The Bertz CT molecular complexity index is 1430. The van der Waals surface area contributed by atoms with Crippen molar-refractivity contribution in [2.24, 2.45) is 0 Å². The van der Waals surface area contributed by atoms with Gasteiger partial charge in [-0.3, -0.25) is 9.78 Å². The molecule has 0 saturated carbocycles. The summed E-state index contributed by atoms with van der Waals surface area (Å²) in [6.45, 7) is 8.64. The van der Waals surface area contributed by atoms with E-state index in [1.807, 2.05) is 12.4 Å². The number of aromatic nitrogens is 1. The van der Waals surface area contributed by atoms with E-state index in [1.165, 1.54) is 50.1 Å². The Morgan fingerprint density at radius 3 is 2.62 bits per heavy atom. The van der Waals surface area contributed by atoms with Gasteiger partial charge in [-0.15, -0.1) is 0 Å². The lowest BCUT2D eigenvalue weighted by molar-refractivity contribution is -0.120. The van der Waals surface area contributed by atoms with E-state index in [-0.39, 0.29) is 11.9 Å². The number of hydrogen-bond acceptors (Lipinski definition) is 2. The van der Waals surface area contributed by atoms with Crippen molar-refractivity contribution in [3.63, 3.8) is 0 Å². The second-order valence-corrected chi connectivity index (χ2v) is 10.6. The number of carbonyl (C=O) groups is 1. The van der Waals surface area contributed by atoms with Gasteiger partial charge in [0.1, 0.15) is 0 Å². The fourth-order valence-electron chi connectivity index (χ4n) is 5.70. The highest BCUT2D eigenvalue weighted by molar-refractivity contribution is 5.80. The van der Waals surface area contributed by atoms with Gasteiger partial charge in [-0.2, -0.15) is 0 Å². The van der Waals surface area contributed by atoms with Crippen LogP contribution in [0.3, 0.4) is 0 Å². The number of pyridine rings is 1. The summed E-state index contributed by atoms with van der Waals surface area (Å²) in [6, 6.07) is 15.0. The highest BCUT2D eigenvalue weighted by Gasteiger charge is 2.23. The van der Waals surface area contributed by atoms with Crippen LogP contribution in [0.5, 0.6) is 0 Å². The van der Waals surface area contributed by atoms with Gasteiger partial charge in [-0.1, -0.05) is 78.8 Å². The highest BCUT2D eigenvalue weighted by Crippen LogP contribution is 2.36. The van der Waals surface area contributed by atoms with Crippen LogP contribution in [0.4, 0.5) is 0 Å². The Morgan fingerprint density at radius 2 is 1.86 bits per heavy atom. The summed E-state index contributed by atoms with van der Waals surface area (Å²) in [5, 5.41) is 3.35. The fourth-order valence-corrected chi connectivity index (χ4v) is 5.70. The summed E-state index contributed by atoms with van der Waals surface area (Å²) < 4.78 is 0. The maximum atomic E-state index is 13.3. The lowest BCUT2D eigenvalue weighted by atomic mass is 9.90. The standard InChI is InChI=1S/C34H36N2O/c1-22-10-13-32(23(2)16-22)34(27-8-6-5-7-9-27)36-33(37)18-26-11-12-28-19-29(20-30(28)17-26)25(4)31-14-15-35-21-24(31)3/h6,8-17,20-21,25,34H,5,7,18-19H2,1-4H3,(H,36,37). The molecule has 1 aromatic heterocycles. The van der Waals surface area contributed by atoms with Gasteiger partial charge in [0.2, 0.25) is 5.91 Å². The predicted octanol–water partition coefficient (Wildman–Crippen LogP) is 7.43. The van der Waals surface area contributed by atoms with Crippen LogP contribution in [0.15, 0.2) is 84.2 Å². The first kappa shape index (κ1) is 25.0. The summed E-state index contributed by atoms with van der Waals surface area (Å²) in [5.74, 6) is 0.394. The number of allylic oxidation sites excluding steroid dienone is 3. The van der Waals surface area contributed by atoms with Gasteiger partial charge >= 0.3 is 0 Å². The summed E-state index contributed by atoms with van der Waals surface area (Å²) in [7, 11) is 0.